The van der Waals surface area contributed by atoms with Gasteiger partial charge < -0.3 is 14.4 Å². The largest absolute Gasteiger partial charge is 0.453 e. The average Bonchev–Trinajstić information content (AvgIpc) is 2.88. The molecule has 0 radical (unpaired) electrons. The van der Waals surface area contributed by atoms with Crippen LogP contribution >= 0.6 is 0 Å². The van der Waals surface area contributed by atoms with Crippen molar-refractivity contribution < 1.29 is 14.3 Å². The number of carbonyl (C=O) groups excluding carboxylic acids is 2. The molecule has 0 spiro atoms. The summed E-state index contributed by atoms with van der Waals surface area (Å²) in [5, 5.41) is 0. The van der Waals surface area contributed by atoms with Gasteiger partial charge in [0, 0.05) is 12.5 Å². The first-order chi connectivity index (χ1) is 10.8. The maximum Gasteiger partial charge on any atom is 0.409 e. The zero-order chi connectivity index (χ0) is 15.5. The summed E-state index contributed by atoms with van der Waals surface area (Å²) in [4.78, 5) is 24.2. The highest BCUT2D eigenvalue weighted by Crippen LogP contribution is 2.44. The number of nitrogens with zero attached hydrogens (tertiary/aromatic N) is 1. The van der Waals surface area contributed by atoms with E-state index >= 15 is 0 Å². The standard InChI is InChI=1S/C18H17NO3/c1-22-18(21)19(10-11-20)12-17-15-8-4-2-6-13(15)14-7-3-5-9-16(14)17/h2-9,11,17H,10,12H2,1H3. The van der Waals surface area contributed by atoms with Crippen molar-refractivity contribution in [1.82, 2.24) is 4.90 Å². The van der Waals surface area contributed by atoms with Crippen LogP contribution in [-0.2, 0) is 9.53 Å². The SMILES string of the molecule is COC(=O)N(CC=O)CC1c2ccccc2-c2ccccc21. The highest BCUT2D eigenvalue weighted by molar-refractivity contribution is 5.79. The number of aldehydes is 1. The highest BCUT2D eigenvalue weighted by atomic mass is 16.5. The second-order valence-electron chi connectivity index (χ2n) is 5.27. The molecule has 0 saturated heterocycles. The van der Waals surface area contributed by atoms with Crippen molar-refractivity contribution in [2.45, 2.75) is 5.92 Å². The summed E-state index contributed by atoms with van der Waals surface area (Å²) in [6.07, 6.45) is 0.248. The van der Waals surface area contributed by atoms with Crippen molar-refractivity contribution in [3.8, 4) is 11.1 Å². The Bertz CT molecular complexity index is 665. The van der Waals surface area contributed by atoms with Gasteiger partial charge in [0.2, 0.25) is 0 Å². The zero-order valence-electron chi connectivity index (χ0n) is 12.4. The Morgan fingerprint density at radius 1 is 1.09 bits per heavy atom. The van der Waals surface area contributed by atoms with E-state index in [1.165, 1.54) is 34.3 Å². The van der Waals surface area contributed by atoms with Gasteiger partial charge in [-0.3, -0.25) is 0 Å². The summed E-state index contributed by atoms with van der Waals surface area (Å²) in [6.45, 7) is 0.465. The number of hydrogen-bond acceptors (Lipinski definition) is 3. The minimum absolute atomic E-state index is 0.0352. The fourth-order valence-corrected chi connectivity index (χ4v) is 3.12. The number of hydrogen-bond donors (Lipinski definition) is 0. The maximum absolute atomic E-state index is 11.9. The third-order valence-corrected chi connectivity index (χ3v) is 4.09. The van der Waals surface area contributed by atoms with Gasteiger partial charge in [-0.05, 0) is 22.3 Å². The molecule has 0 bridgehead atoms. The van der Waals surface area contributed by atoms with E-state index in [2.05, 4.69) is 24.3 Å². The van der Waals surface area contributed by atoms with Gasteiger partial charge in [-0.15, -0.1) is 0 Å². The van der Waals surface area contributed by atoms with E-state index in [0.29, 0.717) is 6.54 Å². The van der Waals surface area contributed by atoms with Crippen LogP contribution in [0.5, 0.6) is 0 Å². The molecule has 0 heterocycles. The Labute approximate surface area is 129 Å². The quantitative estimate of drug-likeness (QED) is 0.814. The lowest BCUT2D eigenvalue weighted by Gasteiger charge is -2.23. The van der Waals surface area contributed by atoms with Crippen LogP contribution in [0.2, 0.25) is 0 Å². The van der Waals surface area contributed by atoms with Crippen LogP contribution in [-0.4, -0.2) is 37.5 Å². The Balaban J connectivity index is 1.99. The molecule has 1 aliphatic carbocycles. The molecule has 2 aromatic rings. The van der Waals surface area contributed by atoms with Gasteiger partial charge in [0.1, 0.15) is 6.29 Å². The van der Waals surface area contributed by atoms with Crippen LogP contribution in [0.3, 0.4) is 0 Å². The third kappa shape index (κ3) is 2.37. The molecule has 1 amide bonds. The normalized spacial score (nSPS) is 12.4. The van der Waals surface area contributed by atoms with Crippen molar-refractivity contribution >= 4 is 12.4 Å². The molecule has 0 saturated carbocycles. The van der Waals surface area contributed by atoms with Crippen LogP contribution in [0.25, 0.3) is 11.1 Å². The van der Waals surface area contributed by atoms with Gasteiger partial charge in [-0.1, -0.05) is 48.5 Å². The Morgan fingerprint density at radius 3 is 2.14 bits per heavy atom. The lowest BCUT2D eigenvalue weighted by molar-refractivity contribution is -0.108. The first kappa shape index (κ1) is 14.3. The lowest BCUT2D eigenvalue weighted by atomic mass is 9.96. The molecule has 0 atom stereocenters. The molecule has 3 rings (SSSR count). The van der Waals surface area contributed by atoms with Crippen molar-refractivity contribution in [1.29, 1.82) is 0 Å². The first-order valence-electron chi connectivity index (χ1n) is 7.21. The summed E-state index contributed by atoms with van der Waals surface area (Å²) >= 11 is 0. The molecule has 0 fully saturated rings. The van der Waals surface area contributed by atoms with Gasteiger partial charge >= 0.3 is 6.09 Å². The molecular weight excluding hydrogens is 278 g/mol. The smallest absolute Gasteiger partial charge is 0.409 e. The minimum atomic E-state index is -0.478. The summed E-state index contributed by atoms with van der Waals surface area (Å²) in [6, 6.07) is 16.4. The first-order valence-corrected chi connectivity index (χ1v) is 7.21. The molecule has 4 heteroatoms. The van der Waals surface area contributed by atoms with Crippen LogP contribution in [0.1, 0.15) is 17.0 Å². The summed E-state index contributed by atoms with van der Waals surface area (Å²) in [7, 11) is 1.33. The second kappa shape index (κ2) is 6.02. The third-order valence-electron chi connectivity index (χ3n) is 4.09. The molecular formula is C18H17NO3. The van der Waals surface area contributed by atoms with E-state index in [-0.39, 0.29) is 12.5 Å². The topological polar surface area (TPSA) is 46.6 Å². The van der Waals surface area contributed by atoms with Gasteiger partial charge in [0.15, 0.2) is 0 Å². The van der Waals surface area contributed by atoms with Crippen LogP contribution in [0, 0.1) is 0 Å². The van der Waals surface area contributed by atoms with E-state index in [9.17, 15) is 9.59 Å². The molecule has 0 N–H and O–H groups in total. The fourth-order valence-electron chi connectivity index (χ4n) is 3.12. The molecule has 1 aliphatic rings. The zero-order valence-corrected chi connectivity index (χ0v) is 12.4. The predicted molar refractivity (Wildman–Crippen MR) is 83.8 cm³/mol. The molecule has 0 aromatic heterocycles. The number of carbonyl (C=O) groups is 2. The van der Waals surface area contributed by atoms with E-state index < -0.39 is 6.09 Å². The van der Waals surface area contributed by atoms with Crippen LogP contribution in [0.4, 0.5) is 4.79 Å². The van der Waals surface area contributed by atoms with Crippen LogP contribution < -0.4 is 0 Å². The van der Waals surface area contributed by atoms with Crippen molar-refractivity contribution in [3.05, 3.63) is 59.7 Å². The Kier molecular flexibility index (Phi) is 3.92. The molecule has 0 unspecified atom stereocenters. The predicted octanol–water partition coefficient (Wildman–Crippen LogP) is 3.07. The van der Waals surface area contributed by atoms with Crippen LogP contribution in [0.15, 0.2) is 48.5 Å². The Hall–Kier alpha value is -2.62. The van der Waals surface area contributed by atoms with E-state index in [1.807, 2.05) is 24.3 Å². The number of amides is 1. The number of fused-ring (bicyclic) bond motifs is 3. The number of ether oxygens (including phenoxy) is 1. The van der Waals surface area contributed by atoms with Crippen molar-refractivity contribution in [3.63, 3.8) is 0 Å². The second-order valence-corrected chi connectivity index (χ2v) is 5.27. The van der Waals surface area contributed by atoms with Gasteiger partial charge in [0.25, 0.3) is 0 Å². The minimum Gasteiger partial charge on any atom is -0.453 e. The fraction of sp³-hybridized carbons (Fsp3) is 0.222. The summed E-state index contributed by atoms with van der Waals surface area (Å²) in [5.74, 6) is 0.0615. The molecule has 4 nitrogen and oxygen atoms in total. The van der Waals surface area contributed by atoms with Gasteiger partial charge in [-0.25, -0.2) is 4.79 Å². The molecule has 22 heavy (non-hydrogen) atoms. The van der Waals surface area contributed by atoms with E-state index in [1.54, 1.807) is 0 Å². The van der Waals surface area contributed by atoms with Gasteiger partial charge in [0.05, 0.1) is 13.7 Å². The van der Waals surface area contributed by atoms with E-state index in [0.717, 1.165) is 6.29 Å². The van der Waals surface area contributed by atoms with Crippen molar-refractivity contribution in [2.24, 2.45) is 0 Å². The Morgan fingerprint density at radius 2 is 1.64 bits per heavy atom. The maximum atomic E-state index is 11.9. The highest BCUT2D eigenvalue weighted by Gasteiger charge is 2.30. The van der Waals surface area contributed by atoms with Crippen molar-refractivity contribution in [2.75, 3.05) is 20.2 Å². The lowest BCUT2D eigenvalue weighted by Crippen LogP contribution is -2.36. The molecule has 112 valence electrons. The monoisotopic (exact) mass is 295 g/mol. The van der Waals surface area contributed by atoms with Gasteiger partial charge in [-0.2, -0.15) is 0 Å². The number of rotatable bonds is 4. The summed E-state index contributed by atoms with van der Waals surface area (Å²) < 4.78 is 4.78. The molecule has 0 aliphatic heterocycles. The summed E-state index contributed by atoms with van der Waals surface area (Å²) in [5.41, 5.74) is 4.75. The number of benzene rings is 2. The van der Waals surface area contributed by atoms with E-state index in [4.69, 9.17) is 4.74 Å². The number of methoxy groups -OCH3 is 1. The molecule has 2 aromatic carbocycles. The average molecular weight is 295 g/mol.